The van der Waals surface area contributed by atoms with Crippen molar-refractivity contribution in [2.24, 2.45) is 0 Å². The maximum absolute atomic E-state index is 11.8. The first kappa shape index (κ1) is 12.5. The summed E-state index contributed by atoms with van der Waals surface area (Å²) in [6.07, 6.45) is -1.64. The highest BCUT2D eigenvalue weighted by atomic mass is 16.6. The van der Waals surface area contributed by atoms with Gasteiger partial charge in [0.1, 0.15) is 11.1 Å². The summed E-state index contributed by atoms with van der Waals surface area (Å²) < 4.78 is 9.75. The number of ketones is 1. The number of ether oxygens (including phenoxy) is 1. The summed E-state index contributed by atoms with van der Waals surface area (Å²) in [5, 5.41) is 10.0. The number of aliphatic hydroxyl groups is 1. The maximum atomic E-state index is 11.8. The average Bonchev–Trinajstić information content (AvgIpc) is 2.37. The van der Waals surface area contributed by atoms with E-state index in [1.807, 2.05) is 0 Å². The molecule has 2 aromatic rings. The molecule has 5 heteroatoms. The lowest BCUT2D eigenvalue weighted by molar-refractivity contribution is -0.0676. The first-order chi connectivity index (χ1) is 8.63. The Labute approximate surface area is 103 Å². The zero-order chi connectivity index (χ0) is 13.1. The van der Waals surface area contributed by atoms with Crippen molar-refractivity contribution in [3.05, 3.63) is 46.3 Å². The first-order valence-electron chi connectivity index (χ1n) is 5.50. The Bertz CT molecular complexity index is 629. The van der Waals surface area contributed by atoms with Crippen LogP contribution in [0.4, 0.5) is 0 Å². The van der Waals surface area contributed by atoms with Crippen LogP contribution < -0.4 is 5.63 Å². The number of hydrogen-bond acceptors (Lipinski definition) is 5. The van der Waals surface area contributed by atoms with Gasteiger partial charge < -0.3 is 14.3 Å². The molecule has 1 heterocycles. The van der Waals surface area contributed by atoms with Gasteiger partial charge >= 0.3 is 5.63 Å². The molecule has 0 aliphatic rings. The Morgan fingerprint density at radius 2 is 2.17 bits per heavy atom. The van der Waals surface area contributed by atoms with Gasteiger partial charge in [0.15, 0.2) is 0 Å². The van der Waals surface area contributed by atoms with Gasteiger partial charge in [-0.15, -0.1) is 0 Å². The van der Waals surface area contributed by atoms with Gasteiger partial charge in [-0.2, -0.15) is 0 Å². The molecule has 0 spiro atoms. The molecule has 5 nitrogen and oxygen atoms in total. The van der Waals surface area contributed by atoms with E-state index < -0.39 is 17.7 Å². The molecule has 0 amide bonds. The molecular formula is C13H12O5. The molecule has 0 aliphatic heterocycles. The van der Waals surface area contributed by atoms with Crippen molar-refractivity contribution in [2.75, 3.05) is 6.61 Å². The molecule has 18 heavy (non-hydrogen) atoms. The van der Waals surface area contributed by atoms with E-state index in [0.29, 0.717) is 11.0 Å². The van der Waals surface area contributed by atoms with E-state index in [1.54, 1.807) is 31.2 Å². The third-order valence-corrected chi connectivity index (χ3v) is 2.46. The number of hydrogen-bond donors (Lipinski definition) is 1. The highest BCUT2D eigenvalue weighted by Gasteiger charge is 2.21. The molecule has 0 bridgehead atoms. The minimum Gasteiger partial charge on any atom is -0.422 e. The Kier molecular flexibility index (Phi) is 3.55. The van der Waals surface area contributed by atoms with E-state index in [4.69, 9.17) is 9.15 Å². The molecule has 94 valence electrons. The minimum absolute atomic E-state index is 0.172. The predicted octanol–water partition coefficient (Wildman–Crippen LogP) is 1.33. The van der Waals surface area contributed by atoms with Crippen molar-refractivity contribution in [1.82, 2.24) is 0 Å². The van der Waals surface area contributed by atoms with E-state index in [1.165, 1.54) is 6.07 Å². The van der Waals surface area contributed by atoms with Gasteiger partial charge in [-0.05, 0) is 19.1 Å². The van der Waals surface area contributed by atoms with Crippen LogP contribution in [0.5, 0.6) is 0 Å². The summed E-state index contributed by atoms with van der Waals surface area (Å²) in [4.78, 5) is 23.4. The Balaban J connectivity index is 2.48. The highest BCUT2D eigenvalue weighted by molar-refractivity contribution is 6.00. The lowest BCUT2D eigenvalue weighted by Gasteiger charge is -2.08. The lowest BCUT2D eigenvalue weighted by Crippen LogP contribution is -2.28. The van der Waals surface area contributed by atoms with Gasteiger partial charge in [0.25, 0.3) is 0 Å². The largest absolute Gasteiger partial charge is 0.422 e. The smallest absolute Gasteiger partial charge is 0.347 e. The Morgan fingerprint density at radius 3 is 2.89 bits per heavy atom. The van der Waals surface area contributed by atoms with Crippen LogP contribution in [0, 0.1) is 0 Å². The van der Waals surface area contributed by atoms with Crippen molar-refractivity contribution in [1.29, 1.82) is 0 Å². The molecule has 1 aromatic carbocycles. The van der Waals surface area contributed by atoms with Crippen molar-refractivity contribution in [3.8, 4) is 0 Å². The zero-order valence-corrected chi connectivity index (χ0v) is 9.75. The molecule has 0 radical (unpaired) electrons. The third-order valence-electron chi connectivity index (χ3n) is 2.46. The average molecular weight is 248 g/mol. The molecule has 1 unspecified atom stereocenters. The molecule has 0 fully saturated rings. The van der Waals surface area contributed by atoms with Crippen LogP contribution in [0.25, 0.3) is 11.0 Å². The molecule has 0 aliphatic carbocycles. The van der Waals surface area contributed by atoms with E-state index in [2.05, 4.69) is 0 Å². The summed E-state index contributed by atoms with van der Waals surface area (Å²) in [7, 11) is 0. The van der Waals surface area contributed by atoms with Crippen LogP contribution >= 0.6 is 0 Å². The van der Waals surface area contributed by atoms with Crippen LogP contribution in [0.2, 0.25) is 0 Å². The number of Topliss-reactive ketones (excluding diaryl/α,β-unsaturated/α-hetero) is 1. The topological polar surface area (TPSA) is 76.7 Å². The van der Waals surface area contributed by atoms with Crippen LogP contribution in [0.3, 0.4) is 0 Å². The lowest BCUT2D eigenvalue weighted by atomic mass is 10.1. The summed E-state index contributed by atoms with van der Waals surface area (Å²) in [5.41, 5.74) is -0.600. The van der Waals surface area contributed by atoms with Crippen LogP contribution in [-0.4, -0.2) is 23.8 Å². The molecule has 2 rings (SSSR count). The number of aliphatic hydroxyl groups excluding tert-OH is 1. The molecule has 0 saturated carbocycles. The zero-order valence-electron chi connectivity index (χ0n) is 9.75. The van der Waals surface area contributed by atoms with Crippen molar-refractivity contribution in [2.45, 2.75) is 13.2 Å². The van der Waals surface area contributed by atoms with Gasteiger partial charge in [0.05, 0.1) is 0 Å². The number of benzene rings is 1. The van der Waals surface area contributed by atoms with E-state index in [0.717, 1.165) is 0 Å². The quantitative estimate of drug-likeness (QED) is 0.502. The van der Waals surface area contributed by atoms with Crippen molar-refractivity contribution < 1.29 is 19.1 Å². The maximum Gasteiger partial charge on any atom is 0.347 e. The van der Waals surface area contributed by atoms with Crippen LogP contribution in [0.15, 0.2) is 39.5 Å². The van der Waals surface area contributed by atoms with Crippen LogP contribution in [-0.2, 0) is 4.74 Å². The van der Waals surface area contributed by atoms with Gasteiger partial charge in [0.2, 0.25) is 12.1 Å². The van der Waals surface area contributed by atoms with Gasteiger partial charge in [-0.25, -0.2) is 4.79 Å². The monoisotopic (exact) mass is 248 g/mol. The predicted molar refractivity (Wildman–Crippen MR) is 64.4 cm³/mol. The van der Waals surface area contributed by atoms with Gasteiger partial charge in [0, 0.05) is 12.0 Å². The highest BCUT2D eigenvalue weighted by Crippen LogP contribution is 2.13. The molecule has 1 aromatic heterocycles. The number of para-hydroxylation sites is 1. The fourth-order valence-corrected chi connectivity index (χ4v) is 1.60. The summed E-state index contributed by atoms with van der Waals surface area (Å²) in [6.45, 7) is 1.81. The normalized spacial score (nSPS) is 12.6. The Morgan fingerprint density at radius 1 is 1.44 bits per heavy atom. The molecular weight excluding hydrogens is 236 g/mol. The second-order valence-electron chi connectivity index (χ2n) is 3.66. The fourth-order valence-electron chi connectivity index (χ4n) is 1.60. The van der Waals surface area contributed by atoms with Crippen LogP contribution in [0.1, 0.15) is 17.3 Å². The summed E-state index contributed by atoms with van der Waals surface area (Å²) in [6, 6.07) is 8.22. The standard InChI is InChI=1S/C13H12O5/c1-2-17-13(16)11(14)9-7-8-5-3-4-6-10(8)18-12(9)15/h3-7,13,16H,2H2,1H3. The molecule has 0 saturated heterocycles. The van der Waals surface area contributed by atoms with Crippen molar-refractivity contribution >= 4 is 16.8 Å². The number of fused-ring (bicyclic) bond motifs is 1. The second kappa shape index (κ2) is 5.12. The Hall–Kier alpha value is -1.98. The summed E-state index contributed by atoms with van der Waals surface area (Å²) in [5.74, 6) is -0.795. The molecule has 1 N–H and O–H groups in total. The summed E-state index contributed by atoms with van der Waals surface area (Å²) >= 11 is 0. The fraction of sp³-hybridized carbons (Fsp3) is 0.231. The minimum atomic E-state index is -1.64. The number of rotatable bonds is 4. The second-order valence-corrected chi connectivity index (χ2v) is 3.66. The first-order valence-corrected chi connectivity index (χ1v) is 5.50. The molecule has 1 atom stereocenters. The number of carbonyl (C=O) groups excluding carboxylic acids is 1. The van der Waals surface area contributed by atoms with E-state index >= 15 is 0 Å². The van der Waals surface area contributed by atoms with Gasteiger partial charge in [-0.1, -0.05) is 18.2 Å². The van der Waals surface area contributed by atoms with E-state index in [9.17, 15) is 14.7 Å². The van der Waals surface area contributed by atoms with Gasteiger partial charge in [-0.3, -0.25) is 4.79 Å². The third kappa shape index (κ3) is 2.32. The number of carbonyl (C=O) groups is 1. The SMILES string of the molecule is CCOC(O)C(=O)c1cc2ccccc2oc1=O. The van der Waals surface area contributed by atoms with Crippen molar-refractivity contribution in [3.63, 3.8) is 0 Å². The van der Waals surface area contributed by atoms with E-state index in [-0.39, 0.29) is 12.2 Å².